The average molecular weight is 604 g/mol. The zero-order chi connectivity index (χ0) is 31.0. The van der Waals surface area contributed by atoms with Gasteiger partial charge in [0, 0.05) is 19.2 Å². The quantitative estimate of drug-likeness (QED) is 0.155. The fourth-order valence-corrected chi connectivity index (χ4v) is 5.58. The lowest BCUT2D eigenvalue weighted by Gasteiger charge is -2.30. The number of ether oxygens (including phenoxy) is 1. The summed E-state index contributed by atoms with van der Waals surface area (Å²) in [6.45, 7) is 10.5. The fourth-order valence-electron chi connectivity index (χ4n) is 5.06. The van der Waals surface area contributed by atoms with Crippen LogP contribution in [0, 0.1) is 17.2 Å². The summed E-state index contributed by atoms with van der Waals surface area (Å²) < 4.78 is 49.1. The van der Waals surface area contributed by atoms with E-state index in [1.54, 1.807) is 0 Å². The molecule has 1 atom stereocenters. The molecule has 9 nitrogen and oxygen atoms in total. The van der Waals surface area contributed by atoms with Gasteiger partial charge in [0.25, 0.3) is 5.91 Å². The van der Waals surface area contributed by atoms with Crippen LogP contribution in [0.5, 0.6) is 0 Å². The lowest BCUT2D eigenvalue weighted by atomic mass is 9.78. The third-order valence-electron chi connectivity index (χ3n) is 7.74. The summed E-state index contributed by atoms with van der Waals surface area (Å²) in [6, 6.07) is 7.46. The van der Waals surface area contributed by atoms with Crippen LogP contribution >= 0.6 is 0 Å². The summed E-state index contributed by atoms with van der Waals surface area (Å²) in [5.41, 5.74) is 1.70. The highest BCUT2D eigenvalue weighted by molar-refractivity contribution is 7.76. The van der Waals surface area contributed by atoms with Crippen molar-refractivity contribution in [2.45, 2.75) is 73.3 Å². The minimum Gasteiger partial charge on any atom is -0.465 e. The van der Waals surface area contributed by atoms with Gasteiger partial charge in [-0.3, -0.25) is 14.1 Å². The maximum absolute atomic E-state index is 13.6. The molecule has 230 valence electrons. The second kappa shape index (κ2) is 14.8. The first-order chi connectivity index (χ1) is 20.0. The number of halogens is 1. The van der Waals surface area contributed by atoms with Crippen LogP contribution in [0.3, 0.4) is 0 Å². The molecule has 1 aromatic carbocycles. The van der Waals surface area contributed by atoms with Crippen molar-refractivity contribution in [3.63, 3.8) is 0 Å². The van der Waals surface area contributed by atoms with Crippen molar-refractivity contribution in [3.8, 4) is 11.3 Å². The molecule has 42 heavy (non-hydrogen) atoms. The molecule has 0 saturated heterocycles. The Hall–Kier alpha value is -3.15. The highest BCUT2D eigenvalue weighted by Crippen LogP contribution is 2.36. The van der Waals surface area contributed by atoms with Crippen LogP contribution in [0.15, 0.2) is 34.7 Å². The van der Waals surface area contributed by atoms with Gasteiger partial charge in [-0.25, -0.2) is 13.6 Å². The Balaban J connectivity index is 1.90. The monoisotopic (exact) mass is 603 g/mol. The van der Waals surface area contributed by atoms with Gasteiger partial charge in [-0.2, -0.15) is 4.31 Å². The summed E-state index contributed by atoms with van der Waals surface area (Å²) in [7, 11) is 1.52. The van der Waals surface area contributed by atoms with Crippen LogP contribution in [-0.2, 0) is 33.8 Å². The lowest BCUT2D eigenvalue weighted by molar-refractivity contribution is -0.158. The smallest absolute Gasteiger partial charge is 0.312 e. The zero-order valence-electron chi connectivity index (χ0n) is 25.3. The van der Waals surface area contributed by atoms with Crippen molar-refractivity contribution >= 4 is 34.2 Å². The topological polar surface area (TPSA) is 122 Å². The second-order valence-corrected chi connectivity index (χ2v) is 11.8. The molecule has 0 aliphatic heterocycles. The van der Waals surface area contributed by atoms with Gasteiger partial charge in [0.05, 0.1) is 35.2 Å². The van der Waals surface area contributed by atoms with E-state index in [2.05, 4.69) is 10.3 Å². The third kappa shape index (κ3) is 7.62. The molecule has 2 heterocycles. The maximum Gasteiger partial charge on any atom is 0.312 e. The number of rotatable bonds is 15. The number of furan rings is 1. The molecule has 0 fully saturated rings. The molecule has 0 saturated carbocycles. The van der Waals surface area contributed by atoms with E-state index in [1.165, 1.54) is 35.6 Å². The lowest BCUT2D eigenvalue weighted by Crippen LogP contribution is -2.34. The summed E-state index contributed by atoms with van der Waals surface area (Å²) in [5, 5.41) is 3.13. The van der Waals surface area contributed by atoms with Crippen LogP contribution in [-0.4, -0.2) is 50.1 Å². The maximum atomic E-state index is 13.6. The number of hydrogen-bond donors (Lipinski definition) is 2. The molecule has 2 N–H and O–H groups in total. The number of fused-ring (bicyclic) bond motifs is 1. The summed E-state index contributed by atoms with van der Waals surface area (Å²) in [5.74, 6) is -0.508. The summed E-state index contributed by atoms with van der Waals surface area (Å²) in [4.78, 5) is 30.5. The van der Waals surface area contributed by atoms with Crippen molar-refractivity contribution in [1.29, 1.82) is 0 Å². The van der Waals surface area contributed by atoms with Gasteiger partial charge in [0.2, 0.25) is 17.0 Å². The van der Waals surface area contributed by atoms with Gasteiger partial charge in [-0.05, 0) is 73.9 Å². The predicted octanol–water partition coefficient (Wildman–Crippen LogP) is 6.28. The number of esters is 1. The number of carbonyl (C=O) groups is 2. The van der Waals surface area contributed by atoms with E-state index in [0.717, 1.165) is 5.56 Å². The number of amides is 1. The number of nitrogens with zero attached hydrogens (tertiary/aromatic N) is 2. The standard InChI is InChI=1S/C31H42FN3O6S/c1-7-21-17-24-26(28(36)33-6)27(22-11-13-23(32)14-12-22)41-29(24)34-25(21)18-35(42(38)39)16-10-15-31(8-2,9-3)30(37)40-19-20(4)5/h11-14,17,20H,7-10,15-16,18-19H2,1-6H3,(H,33,36)(H,38,39). The molecular weight excluding hydrogens is 561 g/mol. The molecule has 0 aliphatic carbocycles. The molecule has 0 radical (unpaired) electrons. The Morgan fingerprint density at radius 2 is 1.86 bits per heavy atom. The Bertz CT molecular complexity index is 1400. The molecular formula is C31H42FN3O6S. The number of aryl methyl sites for hydroxylation is 1. The van der Waals surface area contributed by atoms with Gasteiger partial charge in [0.15, 0.2) is 0 Å². The van der Waals surface area contributed by atoms with Crippen LogP contribution in [0.25, 0.3) is 22.4 Å². The van der Waals surface area contributed by atoms with Crippen LogP contribution in [0.2, 0.25) is 0 Å². The first-order valence-electron chi connectivity index (χ1n) is 14.5. The number of hydrogen-bond acceptors (Lipinski definition) is 6. The molecule has 3 aromatic rings. The Morgan fingerprint density at radius 3 is 2.40 bits per heavy atom. The first-order valence-corrected chi connectivity index (χ1v) is 15.5. The predicted molar refractivity (Wildman–Crippen MR) is 161 cm³/mol. The fraction of sp³-hybridized carbons (Fsp3) is 0.516. The number of aromatic nitrogens is 1. The normalized spacial score (nSPS) is 12.7. The van der Waals surface area contributed by atoms with Gasteiger partial charge in [0.1, 0.15) is 11.6 Å². The largest absolute Gasteiger partial charge is 0.465 e. The van der Waals surface area contributed by atoms with Gasteiger partial charge in [-0.15, -0.1) is 0 Å². The van der Waals surface area contributed by atoms with E-state index in [9.17, 15) is 22.7 Å². The molecule has 3 rings (SSSR count). The summed E-state index contributed by atoms with van der Waals surface area (Å²) >= 11 is -2.29. The molecule has 0 aliphatic rings. The van der Waals surface area contributed by atoms with Gasteiger partial charge >= 0.3 is 5.97 Å². The van der Waals surface area contributed by atoms with Crippen LogP contribution in [0.1, 0.15) is 81.9 Å². The van der Waals surface area contributed by atoms with Crippen molar-refractivity contribution < 1.29 is 31.9 Å². The van der Waals surface area contributed by atoms with Gasteiger partial charge in [-0.1, -0.05) is 34.6 Å². The van der Waals surface area contributed by atoms with Gasteiger partial charge < -0.3 is 14.5 Å². The number of carbonyl (C=O) groups excluding carboxylic acids is 2. The third-order valence-corrected chi connectivity index (χ3v) is 8.49. The molecule has 1 amide bonds. The Kier molecular flexibility index (Phi) is 11.8. The molecule has 0 spiro atoms. The average Bonchev–Trinajstić information content (AvgIpc) is 3.35. The van der Waals surface area contributed by atoms with Crippen molar-refractivity contribution in [3.05, 3.63) is 53.0 Å². The number of pyridine rings is 1. The van der Waals surface area contributed by atoms with E-state index in [-0.39, 0.29) is 47.9 Å². The van der Waals surface area contributed by atoms with E-state index < -0.39 is 22.5 Å². The van der Waals surface area contributed by atoms with E-state index in [1.807, 2.05) is 40.7 Å². The SMILES string of the molecule is CCc1cc2c(C(=O)NC)c(-c3ccc(F)cc3)oc2nc1CN(CCCC(CC)(CC)C(=O)OCC(C)C)S(=O)O. The molecule has 11 heteroatoms. The van der Waals surface area contributed by atoms with Crippen molar-refractivity contribution in [2.24, 2.45) is 11.3 Å². The minimum absolute atomic E-state index is 0.0627. The highest BCUT2D eigenvalue weighted by Gasteiger charge is 2.36. The zero-order valence-corrected chi connectivity index (χ0v) is 26.1. The summed E-state index contributed by atoms with van der Waals surface area (Å²) in [6.07, 6.45) is 2.81. The molecule has 1 unspecified atom stereocenters. The first kappa shape index (κ1) is 33.4. The number of benzene rings is 1. The Morgan fingerprint density at radius 1 is 1.19 bits per heavy atom. The molecule has 2 aromatic heterocycles. The van der Waals surface area contributed by atoms with Crippen molar-refractivity contribution in [1.82, 2.24) is 14.6 Å². The van der Waals surface area contributed by atoms with E-state index in [0.29, 0.717) is 55.4 Å². The van der Waals surface area contributed by atoms with E-state index >= 15 is 0 Å². The van der Waals surface area contributed by atoms with Crippen LogP contribution in [0.4, 0.5) is 4.39 Å². The minimum atomic E-state index is -2.29. The van der Waals surface area contributed by atoms with E-state index in [4.69, 9.17) is 9.15 Å². The highest BCUT2D eigenvalue weighted by atomic mass is 32.2. The number of nitrogens with one attached hydrogen (secondary N) is 1. The Labute approximate surface area is 249 Å². The van der Waals surface area contributed by atoms with Crippen molar-refractivity contribution in [2.75, 3.05) is 20.2 Å². The van der Waals surface area contributed by atoms with Crippen LogP contribution < -0.4 is 5.32 Å². The second-order valence-electron chi connectivity index (χ2n) is 10.9. The molecule has 0 bridgehead atoms.